The molecule has 2 N–H and O–H groups in total. The molecule has 142 valence electrons. The second-order valence-corrected chi connectivity index (χ2v) is 6.67. The van der Waals surface area contributed by atoms with E-state index in [1.165, 1.54) is 0 Å². The maximum absolute atomic E-state index is 12.7. The summed E-state index contributed by atoms with van der Waals surface area (Å²) in [5, 5.41) is 6.16. The molecule has 6 heteroatoms. The van der Waals surface area contributed by atoms with Crippen molar-refractivity contribution in [3.8, 4) is 0 Å². The van der Waals surface area contributed by atoms with Crippen molar-refractivity contribution in [1.82, 2.24) is 15.6 Å². The number of carbonyl (C=O) groups excluding carboxylic acids is 2. The van der Waals surface area contributed by atoms with E-state index in [9.17, 15) is 9.59 Å². The molecular formula is C22H20ClN3O2. The monoisotopic (exact) mass is 393 g/mol. The Hall–Kier alpha value is -3.18. The summed E-state index contributed by atoms with van der Waals surface area (Å²) >= 11 is 6.13. The van der Waals surface area contributed by atoms with Crippen molar-refractivity contribution in [2.24, 2.45) is 0 Å². The van der Waals surface area contributed by atoms with Crippen LogP contribution in [0.25, 0.3) is 0 Å². The number of amides is 2. The number of carbonyl (C=O) groups is 2. The number of hydrogen-bond acceptors (Lipinski definition) is 3. The van der Waals surface area contributed by atoms with Crippen molar-refractivity contribution in [3.05, 3.63) is 101 Å². The highest BCUT2D eigenvalue weighted by Gasteiger charge is 2.20. The molecule has 5 nitrogen and oxygen atoms in total. The van der Waals surface area contributed by atoms with E-state index in [-0.39, 0.29) is 18.2 Å². The van der Waals surface area contributed by atoms with Crippen LogP contribution in [-0.4, -0.2) is 16.8 Å². The third-order valence-electron chi connectivity index (χ3n) is 4.23. The first-order valence-electron chi connectivity index (χ1n) is 8.89. The second kappa shape index (κ2) is 9.67. The van der Waals surface area contributed by atoms with Gasteiger partial charge in [-0.15, -0.1) is 0 Å². The predicted molar refractivity (Wildman–Crippen MR) is 109 cm³/mol. The molecule has 0 saturated heterocycles. The first-order chi connectivity index (χ1) is 13.6. The van der Waals surface area contributed by atoms with Gasteiger partial charge in [-0.05, 0) is 29.3 Å². The lowest BCUT2D eigenvalue weighted by Crippen LogP contribution is -2.33. The van der Waals surface area contributed by atoms with Crippen LogP contribution >= 0.6 is 11.6 Å². The van der Waals surface area contributed by atoms with E-state index < -0.39 is 6.04 Å². The van der Waals surface area contributed by atoms with Gasteiger partial charge < -0.3 is 10.6 Å². The zero-order valence-corrected chi connectivity index (χ0v) is 15.9. The lowest BCUT2D eigenvalue weighted by molar-refractivity contribution is -0.121. The number of benzene rings is 2. The fourth-order valence-corrected chi connectivity index (χ4v) is 3.00. The topological polar surface area (TPSA) is 71.1 Å². The van der Waals surface area contributed by atoms with Crippen molar-refractivity contribution in [1.29, 1.82) is 0 Å². The van der Waals surface area contributed by atoms with Crippen LogP contribution in [-0.2, 0) is 11.3 Å². The van der Waals surface area contributed by atoms with Crippen LogP contribution in [0.2, 0.25) is 5.02 Å². The fourth-order valence-electron chi connectivity index (χ4n) is 2.78. The molecule has 0 aliphatic rings. The average Bonchev–Trinajstić information content (AvgIpc) is 2.73. The van der Waals surface area contributed by atoms with Crippen LogP contribution in [0, 0.1) is 0 Å². The Labute approximate surface area is 168 Å². The zero-order valence-electron chi connectivity index (χ0n) is 15.1. The summed E-state index contributed by atoms with van der Waals surface area (Å²) in [6, 6.07) is 19.5. The van der Waals surface area contributed by atoms with Gasteiger partial charge in [0.25, 0.3) is 5.91 Å². The molecule has 0 bridgehead atoms. The summed E-state index contributed by atoms with van der Waals surface area (Å²) in [5.41, 5.74) is 2.13. The minimum absolute atomic E-state index is 0.112. The van der Waals surface area contributed by atoms with Gasteiger partial charge in [0, 0.05) is 18.9 Å². The van der Waals surface area contributed by atoms with Crippen LogP contribution in [0.1, 0.15) is 33.9 Å². The third kappa shape index (κ3) is 5.41. The number of rotatable bonds is 7. The van der Waals surface area contributed by atoms with E-state index in [4.69, 9.17) is 11.6 Å². The van der Waals surface area contributed by atoms with Gasteiger partial charge in [-0.1, -0.05) is 60.1 Å². The molecule has 0 aliphatic carbocycles. The molecule has 1 unspecified atom stereocenters. The molecule has 0 spiro atoms. The Morgan fingerprint density at radius 2 is 1.71 bits per heavy atom. The molecule has 0 saturated carbocycles. The summed E-state index contributed by atoms with van der Waals surface area (Å²) in [5.74, 6) is -0.489. The van der Waals surface area contributed by atoms with Crippen molar-refractivity contribution in [3.63, 3.8) is 0 Å². The standard InChI is InChI=1S/C22H20ClN3O2/c23-19-11-5-4-10-18(19)22(28)26-20(17-8-2-1-3-9-17)13-21(27)25-15-16-7-6-12-24-14-16/h1-12,14,20H,13,15H2,(H,25,27)(H,26,28). The van der Waals surface area contributed by atoms with Crippen LogP contribution in [0.4, 0.5) is 0 Å². The van der Waals surface area contributed by atoms with E-state index in [2.05, 4.69) is 15.6 Å². The third-order valence-corrected chi connectivity index (χ3v) is 4.56. The number of nitrogens with zero attached hydrogens (tertiary/aromatic N) is 1. The summed E-state index contributed by atoms with van der Waals surface area (Å²) in [7, 11) is 0. The quantitative estimate of drug-likeness (QED) is 0.639. The van der Waals surface area contributed by atoms with Crippen LogP contribution < -0.4 is 10.6 Å². The van der Waals surface area contributed by atoms with E-state index in [1.807, 2.05) is 42.5 Å². The molecule has 0 aliphatic heterocycles. The maximum Gasteiger partial charge on any atom is 0.253 e. The smallest absolute Gasteiger partial charge is 0.253 e. The molecule has 28 heavy (non-hydrogen) atoms. The average molecular weight is 394 g/mol. The Morgan fingerprint density at radius 1 is 0.964 bits per heavy atom. The minimum atomic E-state index is -0.473. The molecule has 2 aromatic carbocycles. The van der Waals surface area contributed by atoms with Crippen molar-refractivity contribution in [2.45, 2.75) is 19.0 Å². The number of halogens is 1. The Balaban J connectivity index is 1.70. The Morgan fingerprint density at radius 3 is 2.43 bits per heavy atom. The highest BCUT2D eigenvalue weighted by atomic mass is 35.5. The number of nitrogens with one attached hydrogen (secondary N) is 2. The van der Waals surface area contributed by atoms with Gasteiger partial charge in [-0.3, -0.25) is 14.6 Å². The molecule has 0 fully saturated rings. The Bertz CT molecular complexity index is 933. The largest absolute Gasteiger partial charge is 0.352 e. The lowest BCUT2D eigenvalue weighted by Gasteiger charge is -2.19. The second-order valence-electron chi connectivity index (χ2n) is 6.26. The predicted octanol–water partition coefficient (Wildman–Crippen LogP) is 3.91. The summed E-state index contributed by atoms with van der Waals surface area (Å²) < 4.78 is 0. The summed E-state index contributed by atoms with van der Waals surface area (Å²) in [6.07, 6.45) is 3.50. The van der Waals surface area contributed by atoms with Gasteiger partial charge >= 0.3 is 0 Å². The van der Waals surface area contributed by atoms with Gasteiger partial charge in [-0.25, -0.2) is 0 Å². The van der Waals surface area contributed by atoms with E-state index >= 15 is 0 Å². The minimum Gasteiger partial charge on any atom is -0.352 e. The maximum atomic E-state index is 12.7. The van der Waals surface area contributed by atoms with Crippen molar-refractivity contribution >= 4 is 23.4 Å². The normalized spacial score (nSPS) is 11.5. The highest BCUT2D eigenvalue weighted by Crippen LogP contribution is 2.20. The zero-order chi connectivity index (χ0) is 19.8. The van der Waals surface area contributed by atoms with E-state index in [1.54, 1.807) is 36.7 Å². The SMILES string of the molecule is O=C(CC(NC(=O)c1ccccc1Cl)c1ccccc1)NCc1cccnc1. The van der Waals surface area contributed by atoms with E-state index in [0.29, 0.717) is 17.1 Å². The van der Waals surface area contributed by atoms with Crippen LogP contribution in [0.5, 0.6) is 0 Å². The first-order valence-corrected chi connectivity index (χ1v) is 9.27. The molecule has 2 amide bonds. The summed E-state index contributed by atoms with van der Waals surface area (Å²) in [6.45, 7) is 0.382. The van der Waals surface area contributed by atoms with Crippen LogP contribution in [0.3, 0.4) is 0 Å². The lowest BCUT2D eigenvalue weighted by atomic mass is 10.0. The van der Waals surface area contributed by atoms with Crippen LogP contribution in [0.15, 0.2) is 79.1 Å². The van der Waals surface area contributed by atoms with Gasteiger partial charge in [-0.2, -0.15) is 0 Å². The molecule has 1 atom stereocenters. The molecular weight excluding hydrogens is 374 g/mol. The molecule has 0 radical (unpaired) electrons. The highest BCUT2D eigenvalue weighted by molar-refractivity contribution is 6.33. The van der Waals surface area contributed by atoms with Gasteiger partial charge in [0.2, 0.25) is 5.91 Å². The van der Waals surface area contributed by atoms with Gasteiger partial charge in [0.15, 0.2) is 0 Å². The molecule has 1 heterocycles. The van der Waals surface area contributed by atoms with Crippen molar-refractivity contribution < 1.29 is 9.59 Å². The summed E-state index contributed by atoms with van der Waals surface area (Å²) in [4.78, 5) is 29.2. The number of pyridine rings is 1. The number of hydrogen-bond donors (Lipinski definition) is 2. The fraction of sp³-hybridized carbons (Fsp3) is 0.136. The number of aromatic nitrogens is 1. The van der Waals surface area contributed by atoms with Crippen molar-refractivity contribution in [2.75, 3.05) is 0 Å². The van der Waals surface area contributed by atoms with Gasteiger partial charge in [0.05, 0.1) is 23.0 Å². The molecule has 3 rings (SSSR count). The van der Waals surface area contributed by atoms with Gasteiger partial charge in [0.1, 0.15) is 0 Å². The first kappa shape index (κ1) is 19.6. The van der Waals surface area contributed by atoms with E-state index in [0.717, 1.165) is 11.1 Å². The Kier molecular flexibility index (Phi) is 6.76. The molecule has 3 aromatic rings. The molecule has 1 aromatic heterocycles.